The topological polar surface area (TPSA) is 102 Å². The van der Waals surface area contributed by atoms with E-state index in [0.717, 1.165) is 0 Å². The first-order chi connectivity index (χ1) is 13.4. The molecule has 152 valence electrons. The summed E-state index contributed by atoms with van der Waals surface area (Å²) in [6, 6.07) is 5.63. The van der Waals surface area contributed by atoms with Gasteiger partial charge in [0, 0.05) is 26.2 Å². The van der Waals surface area contributed by atoms with E-state index in [1.165, 1.54) is 39.7 Å². The van der Waals surface area contributed by atoms with Gasteiger partial charge in [-0.2, -0.15) is 4.31 Å². The third kappa shape index (κ3) is 4.28. The fraction of sp³-hybridized carbons (Fsp3) is 0.444. The summed E-state index contributed by atoms with van der Waals surface area (Å²) in [5.74, 6) is -0.672. The molecule has 1 aromatic carbocycles. The fourth-order valence-corrected chi connectivity index (χ4v) is 4.32. The summed E-state index contributed by atoms with van der Waals surface area (Å²) >= 11 is 0. The van der Waals surface area contributed by atoms with Crippen molar-refractivity contribution in [3.05, 3.63) is 41.9 Å². The molecule has 0 aliphatic carbocycles. The minimum absolute atomic E-state index is 0.0899. The zero-order chi connectivity index (χ0) is 20.1. The lowest BCUT2D eigenvalue weighted by Crippen LogP contribution is -2.51. The maximum atomic E-state index is 12.8. The number of piperazine rings is 1. The normalized spacial score (nSPS) is 17.9. The zero-order valence-electron chi connectivity index (χ0n) is 15.5. The van der Waals surface area contributed by atoms with Gasteiger partial charge in [-0.25, -0.2) is 13.2 Å². The molecular weight excluding hydrogens is 388 g/mol. The lowest BCUT2D eigenvalue weighted by Gasteiger charge is -2.34. The van der Waals surface area contributed by atoms with Gasteiger partial charge in [0.15, 0.2) is 0 Å². The molecule has 1 fully saturated rings. The summed E-state index contributed by atoms with van der Waals surface area (Å²) in [6.07, 6.45) is 1.29. The molecule has 9 nitrogen and oxygen atoms in total. The van der Waals surface area contributed by atoms with Crippen LogP contribution in [0.15, 0.2) is 41.2 Å². The Hall–Kier alpha value is -2.59. The van der Waals surface area contributed by atoms with E-state index in [-0.39, 0.29) is 49.3 Å². The number of hydrogen-bond donors (Lipinski definition) is 0. The molecule has 0 saturated carbocycles. The van der Waals surface area contributed by atoms with E-state index in [1.54, 1.807) is 6.92 Å². The third-order valence-corrected chi connectivity index (χ3v) is 6.30. The number of hydrogen-bond acceptors (Lipinski definition) is 7. The van der Waals surface area contributed by atoms with E-state index in [2.05, 4.69) is 0 Å². The van der Waals surface area contributed by atoms with Crippen LogP contribution < -0.4 is 0 Å². The Morgan fingerprint density at radius 1 is 1.07 bits per heavy atom. The zero-order valence-corrected chi connectivity index (χ0v) is 16.3. The van der Waals surface area contributed by atoms with Crippen LogP contribution in [0.25, 0.3) is 0 Å². The Morgan fingerprint density at radius 3 is 2.32 bits per heavy atom. The van der Waals surface area contributed by atoms with Crippen molar-refractivity contribution in [1.82, 2.24) is 9.21 Å². The Bertz CT molecular complexity index is 856. The molecule has 0 bridgehead atoms. The number of ether oxygens (including phenoxy) is 3. The number of carbonyl (C=O) groups excluding carboxylic acids is 2. The molecule has 0 spiro atoms. The van der Waals surface area contributed by atoms with Crippen molar-refractivity contribution in [2.24, 2.45) is 0 Å². The average Bonchev–Trinajstić information content (AvgIpc) is 2.74. The lowest BCUT2D eigenvalue weighted by molar-refractivity contribution is -0.133. The number of carbonyl (C=O) groups is 2. The summed E-state index contributed by atoms with van der Waals surface area (Å²) in [4.78, 5) is 25.7. The summed E-state index contributed by atoms with van der Waals surface area (Å²) in [6.45, 7) is 3.50. The van der Waals surface area contributed by atoms with Crippen LogP contribution in [0.1, 0.15) is 17.3 Å². The van der Waals surface area contributed by atoms with Gasteiger partial charge in [0.05, 0.1) is 17.1 Å². The van der Waals surface area contributed by atoms with Crippen LogP contribution in [0.3, 0.4) is 0 Å². The molecule has 2 aliphatic rings. The van der Waals surface area contributed by atoms with Gasteiger partial charge in [0.25, 0.3) is 5.91 Å². The number of esters is 1. The van der Waals surface area contributed by atoms with E-state index in [4.69, 9.17) is 14.2 Å². The van der Waals surface area contributed by atoms with Crippen molar-refractivity contribution in [2.75, 3.05) is 46.0 Å². The molecule has 10 heteroatoms. The molecule has 2 heterocycles. The fourth-order valence-electron chi connectivity index (χ4n) is 2.89. The second-order valence-corrected chi connectivity index (χ2v) is 8.08. The number of amides is 1. The summed E-state index contributed by atoms with van der Waals surface area (Å²) in [7, 11) is -3.72. The molecule has 1 aromatic rings. The summed E-state index contributed by atoms with van der Waals surface area (Å²) in [5.41, 5.74) is 0.291. The van der Waals surface area contributed by atoms with E-state index >= 15 is 0 Å². The van der Waals surface area contributed by atoms with Crippen molar-refractivity contribution in [2.45, 2.75) is 11.8 Å². The van der Waals surface area contributed by atoms with Gasteiger partial charge < -0.3 is 19.1 Å². The van der Waals surface area contributed by atoms with E-state index in [9.17, 15) is 18.0 Å². The highest BCUT2D eigenvalue weighted by Crippen LogP contribution is 2.20. The highest BCUT2D eigenvalue weighted by Gasteiger charge is 2.32. The monoisotopic (exact) mass is 410 g/mol. The molecule has 0 unspecified atom stereocenters. The van der Waals surface area contributed by atoms with Crippen molar-refractivity contribution in [3.63, 3.8) is 0 Å². The second-order valence-electron chi connectivity index (χ2n) is 6.14. The van der Waals surface area contributed by atoms with Gasteiger partial charge >= 0.3 is 5.97 Å². The Kier molecular flexibility index (Phi) is 6.20. The molecule has 0 aromatic heterocycles. The van der Waals surface area contributed by atoms with Crippen molar-refractivity contribution in [1.29, 1.82) is 0 Å². The predicted octanol–water partition coefficient (Wildman–Crippen LogP) is 0.584. The first-order valence-corrected chi connectivity index (χ1v) is 10.4. The van der Waals surface area contributed by atoms with Crippen LogP contribution in [0, 0.1) is 0 Å². The Balaban J connectivity index is 1.63. The third-order valence-electron chi connectivity index (χ3n) is 4.39. The lowest BCUT2D eigenvalue weighted by atomic mass is 10.2. The Morgan fingerprint density at radius 2 is 1.75 bits per heavy atom. The average molecular weight is 410 g/mol. The van der Waals surface area contributed by atoms with Crippen LogP contribution in [-0.2, 0) is 29.0 Å². The quantitative estimate of drug-likeness (QED) is 0.655. The van der Waals surface area contributed by atoms with Crippen LogP contribution >= 0.6 is 0 Å². The molecule has 3 rings (SSSR count). The molecular formula is C18H22N2O7S. The van der Waals surface area contributed by atoms with Gasteiger partial charge in [-0.3, -0.25) is 4.79 Å². The Labute approximate surface area is 163 Å². The van der Waals surface area contributed by atoms with Gasteiger partial charge in [-0.15, -0.1) is 0 Å². The van der Waals surface area contributed by atoms with Gasteiger partial charge in [-0.05, 0) is 31.2 Å². The van der Waals surface area contributed by atoms with Crippen LogP contribution in [-0.4, -0.2) is 75.5 Å². The highest BCUT2D eigenvalue weighted by atomic mass is 32.2. The standard InChI is InChI=1S/C18H22N2O7S/c1-2-26-18(22)14-3-5-15(6-4-14)28(23,24)20-9-7-19(8-10-20)17(21)16-13-25-11-12-27-16/h3-6,13H,2,7-12H2,1H3. The number of benzene rings is 1. The number of nitrogens with zero attached hydrogens (tertiary/aromatic N) is 2. The van der Waals surface area contributed by atoms with Crippen LogP contribution in [0.2, 0.25) is 0 Å². The van der Waals surface area contributed by atoms with Crippen molar-refractivity contribution < 1.29 is 32.2 Å². The van der Waals surface area contributed by atoms with E-state index in [0.29, 0.717) is 18.8 Å². The number of rotatable bonds is 5. The van der Waals surface area contributed by atoms with Gasteiger partial charge in [0.1, 0.15) is 19.5 Å². The SMILES string of the molecule is CCOC(=O)c1ccc(S(=O)(=O)N2CCN(C(=O)C3=COCCO3)CC2)cc1. The van der Waals surface area contributed by atoms with E-state index < -0.39 is 16.0 Å². The second kappa shape index (κ2) is 8.61. The van der Waals surface area contributed by atoms with Crippen molar-refractivity contribution in [3.8, 4) is 0 Å². The molecule has 2 aliphatic heterocycles. The maximum absolute atomic E-state index is 12.8. The van der Waals surface area contributed by atoms with Gasteiger partial charge in [0.2, 0.25) is 15.8 Å². The predicted molar refractivity (Wildman–Crippen MR) is 97.7 cm³/mol. The van der Waals surface area contributed by atoms with Crippen molar-refractivity contribution >= 4 is 21.9 Å². The maximum Gasteiger partial charge on any atom is 0.338 e. The largest absolute Gasteiger partial charge is 0.494 e. The molecule has 0 radical (unpaired) electrons. The molecule has 28 heavy (non-hydrogen) atoms. The molecule has 1 saturated heterocycles. The van der Waals surface area contributed by atoms with Crippen LogP contribution in [0.4, 0.5) is 0 Å². The minimum Gasteiger partial charge on any atom is -0.494 e. The highest BCUT2D eigenvalue weighted by molar-refractivity contribution is 7.89. The first kappa shape index (κ1) is 20.2. The first-order valence-electron chi connectivity index (χ1n) is 8.94. The smallest absolute Gasteiger partial charge is 0.338 e. The van der Waals surface area contributed by atoms with Crippen LogP contribution in [0.5, 0.6) is 0 Å². The minimum atomic E-state index is -3.72. The van der Waals surface area contributed by atoms with Gasteiger partial charge in [-0.1, -0.05) is 0 Å². The summed E-state index contributed by atoms with van der Waals surface area (Å²) < 4.78 is 42.2. The molecule has 0 atom stereocenters. The summed E-state index contributed by atoms with van der Waals surface area (Å²) in [5, 5.41) is 0. The molecule has 1 amide bonds. The van der Waals surface area contributed by atoms with E-state index in [1.807, 2.05) is 0 Å². The number of sulfonamides is 1. The molecule has 0 N–H and O–H groups in total.